The number of likely N-dealkylation sites (N-methyl/N-ethyl adjacent to an activating group) is 1. The normalized spacial score (nSPS) is 12.0. The van der Waals surface area contributed by atoms with Crippen molar-refractivity contribution in [3.8, 4) is 17.2 Å². The van der Waals surface area contributed by atoms with Crippen LogP contribution in [0.3, 0.4) is 0 Å². The Labute approximate surface area is 170 Å². The van der Waals surface area contributed by atoms with Gasteiger partial charge in [0.25, 0.3) is 0 Å². The molecule has 1 aromatic heterocycles. The number of hydrogen-bond donors (Lipinski definition) is 0. The summed E-state index contributed by atoms with van der Waals surface area (Å²) in [4.78, 5) is 18.3. The Bertz CT molecular complexity index is 960. The molecule has 3 aromatic rings. The van der Waals surface area contributed by atoms with E-state index < -0.39 is 0 Å². The molecule has 0 aliphatic rings. The van der Waals surface area contributed by atoms with Crippen LogP contribution in [0.5, 0.6) is 11.5 Å². The SMILES string of the molecule is COc1cc(/C=C/C(=O)N(C)[C@H](C)c2ccc(-n3cncn3)cc2)cc(OC)c1. The molecule has 7 nitrogen and oxygen atoms in total. The number of ether oxygens (including phenoxy) is 2. The van der Waals surface area contributed by atoms with Crippen LogP contribution < -0.4 is 9.47 Å². The van der Waals surface area contributed by atoms with Crippen molar-refractivity contribution in [1.82, 2.24) is 19.7 Å². The molecular formula is C22H24N4O3. The van der Waals surface area contributed by atoms with Gasteiger partial charge in [-0.25, -0.2) is 9.67 Å². The zero-order valence-corrected chi connectivity index (χ0v) is 16.9. The molecule has 1 heterocycles. The van der Waals surface area contributed by atoms with Gasteiger partial charge in [-0.15, -0.1) is 0 Å². The van der Waals surface area contributed by atoms with Gasteiger partial charge in [-0.05, 0) is 48.4 Å². The molecule has 7 heteroatoms. The predicted octanol–water partition coefficient (Wildman–Crippen LogP) is 3.52. The lowest BCUT2D eigenvalue weighted by molar-refractivity contribution is -0.126. The van der Waals surface area contributed by atoms with Gasteiger partial charge >= 0.3 is 0 Å². The first-order valence-corrected chi connectivity index (χ1v) is 9.14. The minimum absolute atomic E-state index is 0.0863. The molecule has 0 spiro atoms. The fourth-order valence-corrected chi connectivity index (χ4v) is 2.87. The summed E-state index contributed by atoms with van der Waals surface area (Å²) in [5.74, 6) is 1.25. The van der Waals surface area contributed by atoms with Crippen LogP contribution >= 0.6 is 0 Å². The number of hydrogen-bond acceptors (Lipinski definition) is 5. The van der Waals surface area contributed by atoms with Crippen molar-refractivity contribution in [1.29, 1.82) is 0 Å². The second kappa shape index (κ2) is 9.05. The summed E-state index contributed by atoms with van der Waals surface area (Å²) < 4.78 is 12.2. The Kier molecular flexibility index (Phi) is 6.29. The van der Waals surface area contributed by atoms with Crippen molar-refractivity contribution in [2.75, 3.05) is 21.3 Å². The predicted molar refractivity (Wildman–Crippen MR) is 111 cm³/mol. The molecule has 0 unspecified atom stereocenters. The van der Waals surface area contributed by atoms with Crippen LogP contribution in [0.4, 0.5) is 0 Å². The highest BCUT2D eigenvalue weighted by atomic mass is 16.5. The molecule has 1 atom stereocenters. The lowest BCUT2D eigenvalue weighted by Crippen LogP contribution is -2.27. The van der Waals surface area contributed by atoms with Crippen molar-refractivity contribution in [3.63, 3.8) is 0 Å². The van der Waals surface area contributed by atoms with E-state index in [1.54, 1.807) is 55.4 Å². The minimum Gasteiger partial charge on any atom is -0.497 e. The van der Waals surface area contributed by atoms with Crippen LogP contribution in [0.2, 0.25) is 0 Å². The molecule has 0 aliphatic carbocycles. The number of nitrogens with zero attached hydrogens (tertiary/aromatic N) is 4. The van der Waals surface area contributed by atoms with E-state index in [1.165, 1.54) is 6.33 Å². The van der Waals surface area contributed by atoms with Crippen LogP contribution in [0.25, 0.3) is 11.8 Å². The number of benzene rings is 2. The Morgan fingerprint density at radius 2 is 1.76 bits per heavy atom. The number of amides is 1. The lowest BCUT2D eigenvalue weighted by Gasteiger charge is -2.24. The first-order chi connectivity index (χ1) is 14.0. The minimum atomic E-state index is -0.0976. The second-order valence-corrected chi connectivity index (χ2v) is 6.54. The van der Waals surface area contributed by atoms with Gasteiger partial charge in [-0.2, -0.15) is 5.10 Å². The third-order valence-electron chi connectivity index (χ3n) is 4.78. The van der Waals surface area contributed by atoms with Crippen molar-refractivity contribution in [2.24, 2.45) is 0 Å². The maximum Gasteiger partial charge on any atom is 0.246 e. The van der Waals surface area contributed by atoms with Gasteiger partial charge in [-0.1, -0.05) is 12.1 Å². The quantitative estimate of drug-likeness (QED) is 0.576. The summed E-state index contributed by atoms with van der Waals surface area (Å²) in [5.41, 5.74) is 2.77. The van der Waals surface area contributed by atoms with E-state index in [0.29, 0.717) is 11.5 Å². The van der Waals surface area contributed by atoms with Gasteiger partial charge in [0, 0.05) is 19.2 Å². The average Bonchev–Trinajstić information content (AvgIpc) is 3.31. The van der Waals surface area contributed by atoms with Gasteiger partial charge in [0.05, 0.1) is 25.9 Å². The Balaban J connectivity index is 1.70. The van der Waals surface area contributed by atoms with E-state index in [4.69, 9.17) is 9.47 Å². The third kappa shape index (κ3) is 4.82. The standard InChI is InChI=1S/C22H24N4O3/c1-16(18-6-8-19(9-7-18)26-15-23-14-24-26)25(2)22(27)10-5-17-11-20(28-3)13-21(12-17)29-4/h5-16H,1-4H3/b10-5+/t16-/m1/s1. The molecule has 0 saturated carbocycles. The summed E-state index contributed by atoms with van der Waals surface area (Å²) in [5, 5.41) is 4.12. The van der Waals surface area contributed by atoms with Crippen LogP contribution in [-0.4, -0.2) is 46.8 Å². The summed E-state index contributed by atoms with van der Waals surface area (Å²) in [6, 6.07) is 13.3. The maximum absolute atomic E-state index is 12.6. The van der Waals surface area contributed by atoms with E-state index >= 15 is 0 Å². The molecule has 0 saturated heterocycles. The monoisotopic (exact) mass is 392 g/mol. The van der Waals surface area contributed by atoms with Crippen LogP contribution in [0.1, 0.15) is 24.1 Å². The van der Waals surface area contributed by atoms with Crippen LogP contribution in [0, 0.1) is 0 Å². The average molecular weight is 392 g/mol. The number of carbonyl (C=O) groups is 1. The first-order valence-electron chi connectivity index (χ1n) is 9.14. The summed E-state index contributed by atoms with van der Waals surface area (Å²) in [6.45, 7) is 1.99. The fraction of sp³-hybridized carbons (Fsp3) is 0.227. The fourth-order valence-electron chi connectivity index (χ4n) is 2.87. The molecule has 150 valence electrons. The van der Waals surface area contributed by atoms with Crippen molar-refractivity contribution in [2.45, 2.75) is 13.0 Å². The summed E-state index contributed by atoms with van der Waals surface area (Å²) in [7, 11) is 4.98. The topological polar surface area (TPSA) is 69.5 Å². The molecule has 0 radical (unpaired) electrons. The zero-order valence-electron chi connectivity index (χ0n) is 16.9. The van der Waals surface area contributed by atoms with Gasteiger partial charge < -0.3 is 14.4 Å². The molecule has 0 aliphatic heterocycles. The Morgan fingerprint density at radius 3 is 2.31 bits per heavy atom. The lowest BCUT2D eigenvalue weighted by atomic mass is 10.1. The molecule has 0 bridgehead atoms. The highest BCUT2D eigenvalue weighted by molar-refractivity contribution is 5.92. The van der Waals surface area contributed by atoms with Crippen LogP contribution in [0.15, 0.2) is 61.2 Å². The van der Waals surface area contributed by atoms with E-state index in [-0.39, 0.29) is 11.9 Å². The highest BCUT2D eigenvalue weighted by Gasteiger charge is 2.15. The molecule has 0 fully saturated rings. The summed E-state index contributed by atoms with van der Waals surface area (Å²) >= 11 is 0. The number of rotatable bonds is 7. The number of carbonyl (C=O) groups excluding carboxylic acids is 1. The van der Waals surface area contributed by atoms with Crippen molar-refractivity contribution >= 4 is 12.0 Å². The Morgan fingerprint density at radius 1 is 1.10 bits per heavy atom. The largest absolute Gasteiger partial charge is 0.497 e. The summed E-state index contributed by atoms with van der Waals surface area (Å²) in [6.07, 6.45) is 6.44. The second-order valence-electron chi connectivity index (χ2n) is 6.54. The Hall–Kier alpha value is -3.61. The molecule has 29 heavy (non-hydrogen) atoms. The maximum atomic E-state index is 12.6. The first kappa shape index (κ1) is 20.1. The molecular weight excluding hydrogens is 368 g/mol. The van der Waals surface area contributed by atoms with Crippen molar-refractivity contribution < 1.29 is 14.3 Å². The molecule has 2 aromatic carbocycles. The van der Waals surface area contributed by atoms with Gasteiger partial charge in [0.2, 0.25) is 5.91 Å². The molecule has 3 rings (SSSR count). The van der Waals surface area contributed by atoms with Crippen molar-refractivity contribution in [3.05, 3.63) is 72.3 Å². The van der Waals surface area contributed by atoms with E-state index in [2.05, 4.69) is 10.1 Å². The number of methoxy groups -OCH3 is 2. The van der Waals surface area contributed by atoms with Gasteiger partial charge in [0.1, 0.15) is 24.2 Å². The van der Waals surface area contributed by atoms with Gasteiger partial charge in [0.15, 0.2) is 0 Å². The third-order valence-corrected chi connectivity index (χ3v) is 4.78. The van der Waals surface area contributed by atoms with E-state index in [9.17, 15) is 4.79 Å². The van der Waals surface area contributed by atoms with Gasteiger partial charge in [-0.3, -0.25) is 4.79 Å². The molecule has 0 N–H and O–H groups in total. The zero-order chi connectivity index (χ0) is 20.8. The van der Waals surface area contributed by atoms with Crippen LogP contribution in [-0.2, 0) is 4.79 Å². The number of aromatic nitrogens is 3. The highest BCUT2D eigenvalue weighted by Crippen LogP contribution is 2.24. The van der Waals surface area contributed by atoms with E-state index in [0.717, 1.165) is 16.8 Å². The van der Waals surface area contributed by atoms with E-state index in [1.807, 2.05) is 43.3 Å². The smallest absolute Gasteiger partial charge is 0.246 e. The molecule has 1 amide bonds.